The lowest BCUT2D eigenvalue weighted by molar-refractivity contribution is 0.289. The Morgan fingerprint density at radius 2 is 1.96 bits per heavy atom. The number of anilines is 1. The van der Waals surface area contributed by atoms with Gasteiger partial charge in [0.05, 0.1) is 12.1 Å². The molecule has 26 heavy (non-hydrogen) atoms. The third-order valence-electron chi connectivity index (χ3n) is 5.01. The fraction of sp³-hybridized carbons (Fsp3) is 0.318. The van der Waals surface area contributed by atoms with Crippen LogP contribution in [0, 0.1) is 13.8 Å². The molecule has 0 amide bonds. The molecular weight excluding hydrogens is 326 g/mol. The molecule has 0 fully saturated rings. The monoisotopic (exact) mass is 349 g/mol. The van der Waals surface area contributed by atoms with E-state index in [1.54, 1.807) is 6.07 Å². The van der Waals surface area contributed by atoms with E-state index in [2.05, 4.69) is 43.9 Å². The van der Waals surface area contributed by atoms with E-state index in [4.69, 9.17) is 9.15 Å². The van der Waals surface area contributed by atoms with Gasteiger partial charge >= 0.3 is 5.63 Å². The fourth-order valence-electron chi connectivity index (χ4n) is 3.69. The number of ether oxygens (including phenoxy) is 1. The van der Waals surface area contributed by atoms with E-state index in [9.17, 15) is 4.79 Å². The summed E-state index contributed by atoms with van der Waals surface area (Å²) in [5.74, 6) is 0.802. The first-order valence-electron chi connectivity index (χ1n) is 9.10. The summed E-state index contributed by atoms with van der Waals surface area (Å²) in [4.78, 5) is 14.3. The van der Waals surface area contributed by atoms with Gasteiger partial charge in [-0.15, -0.1) is 0 Å². The third-order valence-corrected chi connectivity index (χ3v) is 5.01. The maximum atomic E-state index is 12.1. The Hall–Kier alpha value is -2.75. The van der Waals surface area contributed by atoms with Crippen molar-refractivity contribution in [1.29, 1.82) is 0 Å². The van der Waals surface area contributed by atoms with Crippen LogP contribution in [0.2, 0.25) is 0 Å². The van der Waals surface area contributed by atoms with Gasteiger partial charge < -0.3 is 14.1 Å². The highest BCUT2D eigenvalue weighted by molar-refractivity contribution is 5.85. The molecule has 0 bridgehead atoms. The van der Waals surface area contributed by atoms with E-state index in [1.165, 1.54) is 11.1 Å². The number of fused-ring (bicyclic) bond motifs is 3. The maximum absolute atomic E-state index is 12.1. The first-order chi connectivity index (χ1) is 12.6. The smallest absolute Gasteiger partial charge is 0.336 e. The van der Waals surface area contributed by atoms with Gasteiger partial charge in [0.15, 0.2) is 6.73 Å². The number of aryl methyl sites for hydroxylation is 3. The van der Waals surface area contributed by atoms with Gasteiger partial charge in [-0.25, -0.2) is 4.79 Å². The Morgan fingerprint density at radius 3 is 2.77 bits per heavy atom. The van der Waals surface area contributed by atoms with Crippen LogP contribution >= 0.6 is 0 Å². The predicted molar refractivity (Wildman–Crippen MR) is 104 cm³/mol. The quantitative estimate of drug-likeness (QED) is 0.642. The van der Waals surface area contributed by atoms with Crippen LogP contribution in [0.5, 0.6) is 5.75 Å². The summed E-state index contributed by atoms with van der Waals surface area (Å²) in [5, 5.41) is 1.01. The summed E-state index contributed by atoms with van der Waals surface area (Å²) in [6.07, 6.45) is 1.85. The minimum absolute atomic E-state index is 0.293. The second kappa shape index (κ2) is 6.52. The van der Waals surface area contributed by atoms with Gasteiger partial charge in [-0.1, -0.05) is 25.5 Å². The average Bonchev–Trinajstić information content (AvgIpc) is 2.63. The van der Waals surface area contributed by atoms with Crippen LogP contribution in [-0.4, -0.2) is 6.73 Å². The Balaban J connectivity index is 1.84. The third kappa shape index (κ3) is 2.85. The van der Waals surface area contributed by atoms with Crippen molar-refractivity contribution in [2.45, 2.75) is 40.2 Å². The lowest BCUT2D eigenvalue weighted by Crippen LogP contribution is -2.32. The van der Waals surface area contributed by atoms with Crippen LogP contribution in [-0.2, 0) is 13.0 Å². The van der Waals surface area contributed by atoms with Crippen molar-refractivity contribution in [2.75, 3.05) is 11.6 Å². The summed E-state index contributed by atoms with van der Waals surface area (Å²) in [6.45, 7) is 7.46. The zero-order chi connectivity index (χ0) is 18.3. The van der Waals surface area contributed by atoms with E-state index in [-0.39, 0.29) is 5.63 Å². The molecule has 1 aliphatic heterocycles. The van der Waals surface area contributed by atoms with Gasteiger partial charge in [-0.2, -0.15) is 0 Å². The Morgan fingerprint density at radius 1 is 1.12 bits per heavy atom. The molecular formula is C22H23NO3. The van der Waals surface area contributed by atoms with Gasteiger partial charge in [0.2, 0.25) is 0 Å². The number of benzene rings is 2. The van der Waals surface area contributed by atoms with Crippen molar-refractivity contribution in [1.82, 2.24) is 0 Å². The molecule has 134 valence electrons. The van der Waals surface area contributed by atoms with Crippen molar-refractivity contribution in [3.05, 3.63) is 69.1 Å². The van der Waals surface area contributed by atoms with Crippen molar-refractivity contribution in [3.63, 3.8) is 0 Å². The van der Waals surface area contributed by atoms with E-state index in [1.807, 2.05) is 12.1 Å². The minimum Gasteiger partial charge on any atom is -0.473 e. The zero-order valence-corrected chi connectivity index (χ0v) is 15.5. The SMILES string of the molecule is CCCc1cc(=O)oc2c3c(ccc12)OCN(c1cc(C)ccc1C)C3. The van der Waals surface area contributed by atoms with Gasteiger partial charge in [-0.3, -0.25) is 0 Å². The molecule has 4 rings (SSSR count). The Labute approximate surface area is 153 Å². The van der Waals surface area contributed by atoms with Crippen molar-refractivity contribution in [2.24, 2.45) is 0 Å². The highest BCUT2D eigenvalue weighted by Gasteiger charge is 2.23. The molecule has 4 nitrogen and oxygen atoms in total. The van der Waals surface area contributed by atoms with Crippen molar-refractivity contribution >= 4 is 16.7 Å². The van der Waals surface area contributed by atoms with Gasteiger partial charge in [-0.05, 0) is 55.2 Å². The van der Waals surface area contributed by atoms with Crippen molar-refractivity contribution in [3.8, 4) is 5.75 Å². The van der Waals surface area contributed by atoms with Crippen LogP contribution < -0.4 is 15.3 Å². The van der Waals surface area contributed by atoms with Gasteiger partial charge in [0, 0.05) is 17.1 Å². The Bertz CT molecular complexity index is 1040. The summed E-state index contributed by atoms with van der Waals surface area (Å²) in [6, 6.07) is 12.0. The standard InChI is InChI=1S/C22H23NO3/c1-4-5-16-11-21(24)26-22-17(16)8-9-20-18(22)12-23(13-25-20)19-10-14(2)6-7-15(19)3/h6-11H,4-5,12-13H2,1-3H3. The van der Waals surface area contributed by atoms with E-state index >= 15 is 0 Å². The molecule has 0 unspecified atom stereocenters. The normalized spacial score (nSPS) is 13.6. The van der Waals surface area contributed by atoms with Gasteiger partial charge in [0.1, 0.15) is 11.3 Å². The van der Waals surface area contributed by atoms with E-state index < -0.39 is 0 Å². The first kappa shape index (κ1) is 16.7. The van der Waals surface area contributed by atoms with Crippen LogP contribution in [0.4, 0.5) is 5.69 Å². The number of rotatable bonds is 3. The van der Waals surface area contributed by atoms with Crippen LogP contribution in [0.1, 0.15) is 35.6 Å². The largest absolute Gasteiger partial charge is 0.473 e. The molecule has 2 heterocycles. The number of hydrogen-bond acceptors (Lipinski definition) is 4. The van der Waals surface area contributed by atoms with Gasteiger partial charge in [0.25, 0.3) is 0 Å². The summed E-state index contributed by atoms with van der Waals surface area (Å²) in [7, 11) is 0. The number of hydrogen-bond donors (Lipinski definition) is 0. The second-order valence-electron chi connectivity index (χ2n) is 7.02. The lowest BCUT2D eigenvalue weighted by atomic mass is 10.0. The summed E-state index contributed by atoms with van der Waals surface area (Å²) in [5.41, 5.74) is 5.93. The van der Waals surface area contributed by atoms with Crippen LogP contribution in [0.3, 0.4) is 0 Å². The zero-order valence-electron chi connectivity index (χ0n) is 15.5. The highest BCUT2D eigenvalue weighted by Crippen LogP contribution is 2.35. The molecule has 1 aliphatic rings. The van der Waals surface area contributed by atoms with Crippen molar-refractivity contribution < 1.29 is 9.15 Å². The molecule has 1 aromatic heterocycles. The molecule has 0 N–H and O–H groups in total. The molecule has 0 atom stereocenters. The highest BCUT2D eigenvalue weighted by atomic mass is 16.5. The second-order valence-corrected chi connectivity index (χ2v) is 7.02. The molecule has 0 radical (unpaired) electrons. The van der Waals surface area contributed by atoms with E-state index in [0.29, 0.717) is 18.9 Å². The molecule has 0 saturated heterocycles. The van der Waals surface area contributed by atoms with E-state index in [0.717, 1.165) is 40.8 Å². The molecule has 4 heteroatoms. The van der Waals surface area contributed by atoms with Crippen LogP contribution in [0.15, 0.2) is 45.6 Å². The first-order valence-corrected chi connectivity index (χ1v) is 9.10. The van der Waals surface area contributed by atoms with Crippen LogP contribution in [0.25, 0.3) is 11.0 Å². The summed E-state index contributed by atoms with van der Waals surface area (Å²) >= 11 is 0. The maximum Gasteiger partial charge on any atom is 0.336 e. The molecule has 2 aromatic carbocycles. The topological polar surface area (TPSA) is 42.7 Å². The Kier molecular flexibility index (Phi) is 4.19. The average molecular weight is 349 g/mol. The summed E-state index contributed by atoms with van der Waals surface area (Å²) < 4.78 is 11.6. The fourth-order valence-corrected chi connectivity index (χ4v) is 3.69. The molecule has 0 saturated carbocycles. The minimum atomic E-state index is -0.293. The molecule has 0 spiro atoms. The molecule has 0 aliphatic carbocycles. The lowest BCUT2D eigenvalue weighted by Gasteiger charge is -2.32. The number of nitrogens with zero attached hydrogens (tertiary/aromatic N) is 1. The molecule has 3 aromatic rings. The predicted octanol–water partition coefficient (Wildman–Crippen LogP) is 4.72.